The van der Waals surface area contributed by atoms with Gasteiger partial charge in [-0.3, -0.25) is 14.5 Å². The molecule has 1 N–H and O–H groups in total. The summed E-state index contributed by atoms with van der Waals surface area (Å²) in [5.41, 5.74) is 3.45. The molecule has 6 nitrogen and oxygen atoms in total. The molecule has 0 aliphatic carbocycles. The first-order chi connectivity index (χ1) is 12.5. The normalized spacial score (nSPS) is 13.3. The first-order valence-electron chi connectivity index (χ1n) is 8.03. The molecular weight excluding hydrogens is 396 g/mol. The van der Waals surface area contributed by atoms with Crippen LogP contribution < -0.4 is 5.32 Å². The molecule has 1 aliphatic heterocycles. The largest absolute Gasteiger partial charge is 0.349 e. The van der Waals surface area contributed by atoms with E-state index in [0.717, 1.165) is 21.4 Å². The van der Waals surface area contributed by atoms with Crippen molar-refractivity contribution in [3.8, 4) is 0 Å². The molecule has 3 heterocycles. The highest BCUT2D eigenvalue weighted by Crippen LogP contribution is 2.30. The van der Waals surface area contributed by atoms with Crippen molar-refractivity contribution in [3.63, 3.8) is 0 Å². The Morgan fingerprint density at radius 1 is 1.15 bits per heavy atom. The predicted octanol–water partition coefficient (Wildman–Crippen LogP) is 2.84. The lowest BCUT2D eigenvalue weighted by Gasteiger charge is -2.16. The second-order valence-corrected chi connectivity index (χ2v) is 6.92. The fourth-order valence-electron chi connectivity index (χ4n) is 2.99. The summed E-state index contributed by atoms with van der Waals surface area (Å²) in [5.74, 6) is -0.455. The van der Waals surface area contributed by atoms with Crippen LogP contribution in [0.4, 0.5) is 0 Å². The SMILES string of the molecule is C=C1c2ccccc2C(=O)N1CC(=O)NCc1cn2cc(Br)ccc2n1. The van der Waals surface area contributed by atoms with Crippen LogP contribution in [0.25, 0.3) is 11.3 Å². The van der Waals surface area contributed by atoms with E-state index in [-0.39, 0.29) is 18.4 Å². The zero-order valence-electron chi connectivity index (χ0n) is 13.8. The van der Waals surface area contributed by atoms with Gasteiger partial charge in [0.25, 0.3) is 5.91 Å². The highest BCUT2D eigenvalue weighted by atomic mass is 79.9. The van der Waals surface area contributed by atoms with Gasteiger partial charge in [-0.05, 0) is 34.1 Å². The van der Waals surface area contributed by atoms with Crippen molar-refractivity contribution < 1.29 is 9.59 Å². The minimum Gasteiger partial charge on any atom is -0.349 e. The number of hydrogen-bond acceptors (Lipinski definition) is 3. The van der Waals surface area contributed by atoms with Crippen molar-refractivity contribution in [2.45, 2.75) is 6.54 Å². The molecule has 7 heteroatoms. The number of pyridine rings is 1. The standard InChI is InChI=1S/C19H15BrN4O2/c1-12-15-4-2-3-5-16(15)19(26)24(12)11-18(25)21-8-14-10-23-9-13(20)6-7-17(23)22-14/h2-7,9-10H,1,8,11H2,(H,21,25). The second kappa shape index (κ2) is 6.42. The molecule has 1 aliphatic rings. The number of amides is 2. The summed E-state index contributed by atoms with van der Waals surface area (Å²) >= 11 is 3.41. The number of nitrogens with zero attached hydrogens (tertiary/aromatic N) is 3. The Balaban J connectivity index is 1.41. The smallest absolute Gasteiger partial charge is 0.259 e. The molecule has 0 fully saturated rings. The number of imidazole rings is 1. The lowest BCUT2D eigenvalue weighted by molar-refractivity contribution is -0.121. The zero-order chi connectivity index (χ0) is 18.3. The average Bonchev–Trinajstić information content (AvgIpc) is 3.14. The Labute approximate surface area is 158 Å². The van der Waals surface area contributed by atoms with Gasteiger partial charge in [0.2, 0.25) is 5.91 Å². The molecule has 1 aromatic carbocycles. The Kier molecular flexibility index (Phi) is 4.08. The van der Waals surface area contributed by atoms with Gasteiger partial charge < -0.3 is 9.72 Å². The number of carbonyl (C=O) groups excluding carboxylic acids is 2. The van der Waals surface area contributed by atoms with Crippen LogP contribution in [0.2, 0.25) is 0 Å². The minimum atomic E-state index is -0.259. The van der Waals surface area contributed by atoms with Gasteiger partial charge >= 0.3 is 0 Å². The van der Waals surface area contributed by atoms with Crippen molar-refractivity contribution in [2.24, 2.45) is 0 Å². The molecular formula is C19H15BrN4O2. The minimum absolute atomic E-state index is 0.0642. The van der Waals surface area contributed by atoms with Crippen molar-refractivity contribution in [2.75, 3.05) is 6.54 Å². The van der Waals surface area contributed by atoms with Crippen molar-refractivity contribution >= 4 is 39.1 Å². The highest BCUT2D eigenvalue weighted by molar-refractivity contribution is 9.10. The number of hydrogen-bond donors (Lipinski definition) is 1. The van der Waals surface area contributed by atoms with Crippen LogP contribution in [-0.2, 0) is 11.3 Å². The molecule has 0 saturated carbocycles. The summed E-state index contributed by atoms with van der Waals surface area (Å²) in [6.45, 7) is 4.17. The summed E-state index contributed by atoms with van der Waals surface area (Å²) < 4.78 is 2.83. The van der Waals surface area contributed by atoms with Crippen LogP contribution in [0.1, 0.15) is 21.6 Å². The molecule has 0 saturated heterocycles. The highest BCUT2D eigenvalue weighted by Gasteiger charge is 2.31. The number of carbonyl (C=O) groups is 2. The number of benzene rings is 1. The third-order valence-corrected chi connectivity index (χ3v) is 4.74. The van der Waals surface area contributed by atoms with E-state index in [1.165, 1.54) is 4.90 Å². The zero-order valence-corrected chi connectivity index (χ0v) is 15.4. The third-order valence-electron chi connectivity index (χ3n) is 4.27. The van der Waals surface area contributed by atoms with Crippen LogP contribution in [0.3, 0.4) is 0 Å². The molecule has 2 aromatic heterocycles. The summed E-state index contributed by atoms with van der Waals surface area (Å²) in [7, 11) is 0. The third kappa shape index (κ3) is 2.90. The van der Waals surface area contributed by atoms with E-state index in [2.05, 4.69) is 32.8 Å². The molecule has 4 rings (SSSR count). The Morgan fingerprint density at radius 2 is 1.92 bits per heavy atom. The molecule has 26 heavy (non-hydrogen) atoms. The molecule has 2 amide bonds. The number of rotatable bonds is 4. The Morgan fingerprint density at radius 3 is 2.69 bits per heavy atom. The van der Waals surface area contributed by atoms with E-state index in [9.17, 15) is 9.59 Å². The van der Waals surface area contributed by atoms with Gasteiger partial charge in [-0.2, -0.15) is 0 Å². The van der Waals surface area contributed by atoms with Crippen LogP contribution in [0.15, 0.2) is 59.8 Å². The van der Waals surface area contributed by atoms with Gasteiger partial charge in [-0.15, -0.1) is 0 Å². The summed E-state index contributed by atoms with van der Waals surface area (Å²) in [5, 5.41) is 2.81. The van der Waals surface area contributed by atoms with Crippen molar-refractivity contribution in [1.29, 1.82) is 0 Å². The number of nitrogens with one attached hydrogen (secondary N) is 1. The molecule has 0 radical (unpaired) electrons. The van der Waals surface area contributed by atoms with E-state index in [0.29, 0.717) is 17.8 Å². The first kappa shape index (κ1) is 16.5. The molecule has 0 spiro atoms. The number of fused-ring (bicyclic) bond motifs is 2. The molecule has 130 valence electrons. The van der Waals surface area contributed by atoms with Gasteiger partial charge in [-0.25, -0.2) is 4.98 Å². The van der Waals surface area contributed by atoms with E-state index < -0.39 is 0 Å². The summed E-state index contributed by atoms with van der Waals surface area (Å²) in [6.07, 6.45) is 3.76. The van der Waals surface area contributed by atoms with Gasteiger partial charge in [0.1, 0.15) is 12.2 Å². The van der Waals surface area contributed by atoms with Crippen LogP contribution in [0, 0.1) is 0 Å². The van der Waals surface area contributed by atoms with Gasteiger partial charge in [0, 0.05) is 33.7 Å². The first-order valence-corrected chi connectivity index (χ1v) is 8.82. The lowest BCUT2D eigenvalue weighted by Crippen LogP contribution is -2.36. The lowest BCUT2D eigenvalue weighted by atomic mass is 10.1. The quantitative estimate of drug-likeness (QED) is 0.718. The van der Waals surface area contributed by atoms with Gasteiger partial charge in [0.15, 0.2) is 0 Å². The monoisotopic (exact) mass is 410 g/mol. The summed E-state index contributed by atoms with van der Waals surface area (Å²) in [4.78, 5) is 30.6. The molecule has 3 aromatic rings. The Bertz CT molecular complexity index is 1020. The average molecular weight is 411 g/mol. The van der Waals surface area contributed by atoms with Gasteiger partial charge in [-0.1, -0.05) is 24.8 Å². The fraction of sp³-hybridized carbons (Fsp3) is 0.105. The van der Waals surface area contributed by atoms with Crippen LogP contribution >= 0.6 is 15.9 Å². The maximum Gasteiger partial charge on any atom is 0.259 e. The van der Waals surface area contributed by atoms with Crippen molar-refractivity contribution in [1.82, 2.24) is 19.6 Å². The van der Waals surface area contributed by atoms with E-state index in [1.54, 1.807) is 12.1 Å². The molecule has 0 atom stereocenters. The maximum atomic E-state index is 12.4. The Hall–Kier alpha value is -2.93. The molecule has 0 unspecified atom stereocenters. The van der Waals surface area contributed by atoms with E-state index in [4.69, 9.17) is 0 Å². The predicted molar refractivity (Wildman–Crippen MR) is 101 cm³/mol. The molecule has 0 bridgehead atoms. The van der Waals surface area contributed by atoms with Crippen molar-refractivity contribution in [3.05, 3.63) is 76.7 Å². The summed E-state index contributed by atoms with van der Waals surface area (Å²) in [6, 6.07) is 11.0. The van der Waals surface area contributed by atoms with E-state index in [1.807, 2.05) is 41.1 Å². The van der Waals surface area contributed by atoms with E-state index >= 15 is 0 Å². The van der Waals surface area contributed by atoms with Crippen LogP contribution in [0.5, 0.6) is 0 Å². The van der Waals surface area contributed by atoms with Gasteiger partial charge in [0.05, 0.1) is 12.2 Å². The second-order valence-electron chi connectivity index (χ2n) is 6.01. The number of halogens is 1. The van der Waals surface area contributed by atoms with Crippen LogP contribution in [-0.4, -0.2) is 32.6 Å². The number of aromatic nitrogens is 2. The maximum absolute atomic E-state index is 12.4. The topological polar surface area (TPSA) is 66.7 Å². The fourth-order valence-corrected chi connectivity index (χ4v) is 3.35.